The van der Waals surface area contributed by atoms with Crippen molar-refractivity contribution in [2.45, 2.75) is 25.7 Å². The van der Waals surface area contributed by atoms with E-state index in [2.05, 4.69) is 0 Å². The zero-order valence-electron chi connectivity index (χ0n) is 14.9. The van der Waals surface area contributed by atoms with Crippen LogP contribution in [-0.2, 0) is 21.6 Å². The number of nitrogens with zero attached hydrogens (tertiary/aromatic N) is 1. The molecule has 1 aromatic heterocycles. The molecule has 134 valence electrons. The summed E-state index contributed by atoms with van der Waals surface area (Å²) < 4.78 is 30.3. The van der Waals surface area contributed by atoms with Crippen molar-refractivity contribution in [3.63, 3.8) is 0 Å². The Bertz CT molecular complexity index is 954. The summed E-state index contributed by atoms with van der Waals surface area (Å²) in [4.78, 5) is 24.6. The topological polar surface area (TPSA) is 82.4 Å². The predicted molar refractivity (Wildman–Crippen MR) is 93.8 cm³/mol. The van der Waals surface area contributed by atoms with E-state index in [1.54, 1.807) is 19.1 Å². The molecule has 0 bridgehead atoms. The van der Waals surface area contributed by atoms with Gasteiger partial charge in [0.1, 0.15) is 0 Å². The summed E-state index contributed by atoms with van der Waals surface area (Å²) in [5.74, 6) is -1.02. The SMILES string of the molecule is Cc1ccc(S(C)(=O)=O)cc1C(=O)OCC(=O)c1cc(C)n(C)c1C. The monoisotopic (exact) mass is 363 g/mol. The molecule has 7 heteroatoms. The van der Waals surface area contributed by atoms with Gasteiger partial charge in [0.05, 0.1) is 10.5 Å². The van der Waals surface area contributed by atoms with Crippen LogP contribution in [0.2, 0.25) is 0 Å². The molecule has 6 nitrogen and oxygen atoms in total. The number of benzene rings is 1. The number of Topliss-reactive ketones (excluding diaryl/α,β-unsaturated/α-hetero) is 1. The van der Waals surface area contributed by atoms with E-state index in [4.69, 9.17) is 4.74 Å². The summed E-state index contributed by atoms with van der Waals surface area (Å²) >= 11 is 0. The summed E-state index contributed by atoms with van der Waals surface area (Å²) in [6.07, 6.45) is 1.07. The first-order valence-corrected chi connectivity index (χ1v) is 9.55. The summed E-state index contributed by atoms with van der Waals surface area (Å²) in [5, 5.41) is 0. The van der Waals surface area contributed by atoms with Crippen LogP contribution in [0.25, 0.3) is 0 Å². The van der Waals surface area contributed by atoms with Crippen molar-refractivity contribution in [2.24, 2.45) is 7.05 Å². The Kier molecular flexibility index (Phi) is 5.17. The molecule has 0 unspecified atom stereocenters. The Labute approximate surface area is 147 Å². The van der Waals surface area contributed by atoms with Gasteiger partial charge in [0, 0.05) is 30.3 Å². The van der Waals surface area contributed by atoms with Crippen molar-refractivity contribution in [1.29, 1.82) is 0 Å². The van der Waals surface area contributed by atoms with Crippen molar-refractivity contribution in [2.75, 3.05) is 12.9 Å². The van der Waals surface area contributed by atoms with E-state index < -0.39 is 22.4 Å². The van der Waals surface area contributed by atoms with Crippen molar-refractivity contribution in [3.8, 4) is 0 Å². The molecule has 0 saturated heterocycles. The van der Waals surface area contributed by atoms with Crippen LogP contribution in [0.15, 0.2) is 29.2 Å². The lowest BCUT2D eigenvalue weighted by molar-refractivity contribution is 0.0473. The quantitative estimate of drug-likeness (QED) is 0.602. The average Bonchev–Trinajstić information content (AvgIpc) is 2.79. The molecule has 1 aromatic carbocycles. The first kappa shape index (κ1) is 18.9. The number of ketones is 1. The van der Waals surface area contributed by atoms with Gasteiger partial charge in [-0.25, -0.2) is 13.2 Å². The number of sulfone groups is 1. The standard InChI is InChI=1S/C18H21NO5S/c1-11-6-7-14(25(5,22)23)9-15(11)18(21)24-10-17(20)16-8-12(2)19(4)13(16)3/h6-9H,10H2,1-5H3. The Morgan fingerprint density at radius 1 is 1.08 bits per heavy atom. The molecular formula is C18H21NO5S. The molecule has 2 rings (SSSR count). The van der Waals surface area contributed by atoms with Crippen LogP contribution in [0.5, 0.6) is 0 Å². The number of aryl methyl sites for hydroxylation is 2. The second kappa shape index (κ2) is 6.84. The normalized spacial score (nSPS) is 11.4. The summed E-state index contributed by atoms with van der Waals surface area (Å²) in [6.45, 7) is 4.98. The van der Waals surface area contributed by atoms with E-state index in [0.29, 0.717) is 11.1 Å². The molecule has 0 aliphatic carbocycles. The van der Waals surface area contributed by atoms with Crippen LogP contribution >= 0.6 is 0 Å². The van der Waals surface area contributed by atoms with Crippen molar-refractivity contribution < 1.29 is 22.7 Å². The van der Waals surface area contributed by atoms with Gasteiger partial charge in [-0.3, -0.25) is 4.79 Å². The average molecular weight is 363 g/mol. The van der Waals surface area contributed by atoms with E-state index in [-0.39, 0.29) is 16.2 Å². The van der Waals surface area contributed by atoms with E-state index in [1.165, 1.54) is 12.1 Å². The molecule has 0 saturated carbocycles. The zero-order valence-corrected chi connectivity index (χ0v) is 15.7. The Morgan fingerprint density at radius 2 is 1.72 bits per heavy atom. The van der Waals surface area contributed by atoms with Gasteiger partial charge in [0.15, 0.2) is 16.4 Å². The molecule has 2 aromatic rings. The molecule has 0 amide bonds. The van der Waals surface area contributed by atoms with Gasteiger partial charge in [-0.05, 0) is 44.5 Å². The van der Waals surface area contributed by atoms with Crippen LogP contribution in [0.3, 0.4) is 0 Å². The maximum absolute atomic E-state index is 12.3. The maximum atomic E-state index is 12.3. The lowest BCUT2D eigenvalue weighted by atomic mass is 10.1. The van der Waals surface area contributed by atoms with Crippen molar-refractivity contribution >= 4 is 21.6 Å². The molecule has 1 heterocycles. The number of hydrogen-bond acceptors (Lipinski definition) is 5. The van der Waals surface area contributed by atoms with Gasteiger partial charge >= 0.3 is 5.97 Å². The highest BCUT2D eigenvalue weighted by Gasteiger charge is 2.19. The number of esters is 1. The Hall–Kier alpha value is -2.41. The third kappa shape index (κ3) is 3.99. The number of rotatable bonds is 5. The first-order valence-electron chi connectivity index (χ1n) is 7.66. The van der Waals surface area contributed by atoms with Crippen LogP contribution < -0.4 is 0 Å². The van der Waals surface area contributed by atoms with Gasteiger partial charge in [0.2, 0.25) is 5.78 Å². The number of ether oxygens (including phenoxy) is 1. The Balaban J connectivity index is 2.18. The molecular weight excluding hydrogens is 342 g/mol. The minimum Gasteiger partial charge on any atom is -0.454 e. The first-order chi connectivity index (χ1) is 11.5. The third-order valence-electron chi connectivity index (χ3n) is 4.27. The summed E-state index contributed by atoms with van der Waals surface area (Å²) in [6, 6.07) is 6.00. The van der Waals surface area contributed by atoms with E-state index >= 15 is 0 Å². The van der Waals surface area contributed by atoms with Gasteiger partial charge in [0.25, 0.3) is 0 Å². The van der Waals surface area contributed by atoms with Gasteiger partial charge in [-0.2, -0.15) is 0 Å². The van der Waals surface area contributed by atoms with Crippen molar-refractivity contribution in [3.05, 3.63) is 52.3 Å². The third-order valence-corrected chi connectivity index (χ3v) is 5.38. The number of carbonyl (C=O) groups is 2. The zero-order chi connectivity index (χ0) is 18.9. The molecule has 0 radical (unpaired) electrons. The number of carbonyl (C=O) groups excluding carboxylic acids is 2. The Morgan fingerprint density at radius 3 is 2.24 bits per heavy atom. The highest BCUT2D eigenvalue weighted by Crippen LogP contribution is 2.18. The summed E-state index contributed by atoms with van der Waals surface area (Å²) in [7, 11) is -1.58. The molecule has 25 heavy (non-hydrogen) atoms. The predicted octanol–water partition coefficient (Wildman–Crippen LogP) is 2.39. The molecule has 0 N–H and O–H groups in total. The van der Waals surface area contributed by atoms with E-state index in [1.807, 2.05) is 25.5 Å². The van der Waals surface area contributed by atoms with E-state index in [0.717, 1.165) is 17.6 Å². The minimum atomic E-state index is -3.43. The van der Waals surface area contributed by atoms with Crippen LogP contribution in [0.4, 0.5) is 0 Å². The molecule has 0 aliphatic rings. The van der Waals surface area contributed by atoms with Gasteiger partial charge < -0.3 is 9.30 Å². The van der Waals surface area contributed by atoms with Gasteiger partial charge in [-0.1, -0.05) is 6.07 Å². The van der Waals surface area contributed by atoms with Crippen LogP contribution in [-0.4, -0.2) is 37.6 Å². The fourth-order valence-corrected chi connectivity index (χ4v) is 3.12. The molecule has 0 aliphatic heterocycles. The largest absolute Gasteiger partial charge is 0.454 e. The molecule has 0 fully saturated rings. The van der Waals surface area contributed by atoms with Crippen molar-refractivity contribution in [1.82, 2.24) is 4.57 Å². The second-order valence-electron chi connectivity index (χ2n) is 6.09. The van der Waals surface area contributed by atoms with Crippen LogP contribution in [0, 0.1) is 20.8 Å². The molecule has 0 spiro atoms. The molecule has 0 atom stereocenters. The number of hydrogen-bond donors (Lipinski definition) is 0. The summed E-state index contributed by atoms with van der Waals surface area (Å²) in [5.41, 5.74) is 2.96. The smallest absolute Gasteiger partial charge is 0.338 e. The second-order valence-corrected chi connectivity index (χ2v) is 8.11. The lowest BCUT2D eigenvalue weighted by Gasteiger charge is -2.08. The van der Waals surface area contributed by atoms with E-state index in [9.17, 15) is 18.0 Å². The van der Waals surface area contributed by atoms with Crippen LogP contribution in [0.1, 0.15) is 37.7 Å². The lowest BCUT2D eigenvalue weighted by Crippen LogP contribution is -2.16. The fourth-order valence-electron chi connectivity index (χ4n) is 2.48. The maximum Gasteiger partial charge on any atom is 0.338 e. The number of aromatic nitrogens is 1. The van der Waals surface area contributed by atoms with Gasteiger partial charge in [-0.15, -0.1) is 0 Å². The highest BCUT2D eigenvalue weighted by atomic mass is 32.2. The minimum absolute atomic E-state index is 0.0332. The highest BCUT2D eigenvalue weighted by molar-refractivity contribution is 7.90. The fraction of sp³-hybridized carbons (Fsp3) is 0.333.